The van der Waals surface area contributed by atoms with Crippen molar-refractivity contribution in [1.29, 1.82) is 0 Å². The Bertz CT molecular complexity index is 589. The van der Waals surface area contributed by atoms with Crippen LogP contribution < -0.4 is 16.4 Å². The van der Waals surface area contributed by atoms with E-state index >= 15 is 0 Å². The molecule has 2 bridgehead atoms. The van der Waals surface area contributed by atoms with Gasteiger partial charge in [-0.05, 0) is 47.8 Å². The second-order valence-electron chi connectivity index (χ2n) is 3.60. The van der Waals surface area contributed by atoms with E-state index in [0.717, 1.165) is 0 Å². The minimum atomic E-state index is -0.549. The summed E-state index contributed by atoms with van der Waals surface area (Å²) in [5.74, 6) is -1.53. The fourth-order valence-corrected chi connectivity index (χ4v) is 4.50. The first-order chi connectivity index (χ1) is 8.88. The number of halogens is 3. The molecule has 4 N–H and O–H groups in total. The second-order valence-corrected chi connectivity index (χ2v) is 5.98. The summed E-state index contributed by atoms with van der Waals surface area (Å²) in [6, 6.07) is 0. The minimum absolute atomic E-state index is 0.209. The molecule has 19 heavy (non-hydrogen) atoms. The van der Waals surface area contributed by atoms with E-state index < -0.39 is 17.7 Å². The Morgan fingerprint density at radius 2 is 1.53 bits per heavy atom. The van der Waals surface area contributed by atoms with Gasteiger partial charge in [-0.25, -0.2) is 0 Å². The molecule has 1 aromatic rings. The van der Waals surface area contributed by atoms with Crippen LogP contribution in [0, 0.1) is 0 Å². The highest BCUT2D eigenvalue weighted by Gasteiger charge is 2.33. The number of anilines is 1. The fourth-order valence-electron chi connectivity index (χ4n) is 1.59. The van der Waals surface area contributed by atoms with E-state index in [2.05, 4.69) is 58.4 Å². The first-order valence-corrected chi connectivity index (χ1v) is 7.32. The monoisotopic (exact) mass is 453 g/mol. The van der Waals surface area contributed by atoms with E-state index in [0.29, 0.717) is 19.1 Å². The summed E-state index contributed by atoms with van der Waals surface area (Å²) in [4.78, 5) is 35.0. The highest BCUT2D eigenvalue weighted by atomic mass is 79.9. The number of imide groups is 1. The van der Waals surface area contributed by atoms with Crippen molar-refractivity contribution in [2.24, 2.45) is 5.73 Å². The molecule has 0 radical (unpaired) electrons. The zero-order chi connectivity index (χ0) is 14.3. The molecule has 1 aliphatic heterocycles. The van der Waals surface area contributed by atoms with Crippen LogP contribution in [-0.2, 0) is 4.79 Å². The standard InChI is InChI=1S/C10H6Br3N3O3/c11-5-3-6(12)8(15-2(17)1-14)7(13)4(5)10(19)16-9(3)18/h1,14H2,(H,15,17)(H,16,18,19). The normalized spacial score (nSPS) is 13.3. The number of fused-ring (bicyclic) bond motifs is 2. The molecule has 0 aromatic heterocycles. The third-order valence-electron chi connectivity index (χ3n) is 2.45. The molecule has 100 valence electrons. The average Bonchev–Trinajstić information content (AvgIpc) is 2.33. The number of carbonyl (C=O) groups excluding carboxylic acids is 3. The quantitative estimate of drug-likeness (QED) is 0.591. The maximum absolute atomic E-state index is 11.8. The summed E-state index contributed by atoms with van der Waals surface area (Å²) >= 11 is 9.70. The zero-order valence-corrected chi connectivity index (χ0v) is 13.9. The summed E-state index contributed by atoms with van der Waals surface area (Å²) in [5, 5.41) is 4.74. The van der Waals surface area contributed by atoms with Crippen LogP contribution in [0.4, 0.5) is 5.69 Å². The lowest BCUT2D eigenvalue weighted by Crippen LogP contribution is -2.37. The summed E-state index contributed by atoms with van der Waals surface area (Å²) in [5.41, 5.74) is 6.01. The molecule has 1 aliphatic rings. The maximum Gasteiger partial charge on any atom is 0.260 e. The van der Waals surface area contributed by atoms with E-state index in [1.807, 2.05) is 0 Å². The van der Waals surface area contributed by atoms with E-state index in [1.165, 1.54) is 0 Å². The van der Waals surface area contributed by atoms with Gasteiger partial charge in [-0.1, -0.05) is 0 Å². The molecule has 0 fully saturated rings. The molecule has 0 atom stereocenters. The molecular formula is C10H6Br3N3O3. The molecule has 1 aromatic carbocycles. The smallest absolute Gasteiger partial charge is 0.260 e. The van der Waals surface area contributed by atoms with Gasteiger partial charge in [0.05, 0.1) is 32.3 Å². The molecule has 0 unspecified atom stereocenters. The van der Waals surface area contributed by atoms with Crippen LogP contribution >= 0.6 is 47.8 Å². The predicted octanol–water partition coefficient (Wildman–Crippen LogP) is 1.75. The fraction of sp³-hybridized carbons (Fsp3) is 0.100. The van der Waals surface area contributed by atoms with Gasteiger partial charge in [-0.2, -0.15) is 0 Å². The van der Waals surface area contributed by atoms with Gasteiger partial charge in [0.2, 0.25) is 5.91 Å². The van der Waals surface area contributed by atoms with Crippen molar-refractivity contribution in [2.75, 3.05) is 11.9 Å². The van der Waals surface area contributed by atoms with Crippen LogP contribution in [0.1, 0.15) is 20.7 Å². The topological polar surface area (TPSA) is 101 Å². The number of rotatable bonds is 2. The van der Waals surface area contributed by atoms with Crippen LogP contribution in [0.3, 0.4) is 0 Å². The zero-order valence-electron chi connectivity index (χ0n) is 9.14. The maximum atomic E-state index is 11.8. The van der Waals surface area contributed by atoms with Gasteiger partial charge in [0.1, 0.15) is 0 Å². The Labute approximate surface area is 132 Å². The summed E-state index contributed by atoms with van der Waals surface area (Å²) in [6.07, 6.45) is 0. The van der Waals surface area contributed by atoms with Crippen molar-refractivity contribution in [3.05, 3.63) is 24.5 Å². The highest BCUT2D eigenvalue weighted by Crippen LogP contribution is 2.43. The van der Waals surface area contributed by atoms with E-state index in [1.54, 1.807) is 0 Å². The van der Waals surface area contributed by atoms with E-state index in [-0.39, 0.29) is 17.7 Å². The van der Waals surface area contributed by atoms with Gasteiger partial charge >= 0.3 is 0 Å². The largest absolute Gasteiger partial charge is 0.323 e. The van der Waals surface area contributed by atoms with Crippen molar-refractivity contribution in [1.82, 2.24) is 5.32 Å². The number of benzene rings is 1. The average molecular weight is 456 g/mol. The SMILES string of the molecule is NCC(=O)Nc1c(Br)c2c(Br)c(c1Br)C(=O)NC2=O. The van der Waals surface area contributed by atoms with Crippen molar-refractivity contribution in [3.8, 4) is 0 Å². The van der Waals surface area contributed by atoms with E-state index in [9.17, 15) is 14.4 Å². The van der Waals surface area contributed by atoms with Gasteiger partial charge in [0.25, 0.3) is 11.8 Å². The number of nitrogens with one attached hydrogen (secondary N) is 2. The summed E-state index contributed by atoms with van der Waals surface area (Å²) < 4.78 is 1.09. The first kappa shape index (κ1) is 14.6. The van der Waals surface area contributed by atoms with Crippen molar-refractivity contribution >= 4 is 71.2 Å². The molecule has 0 spiro atoms. The third-order valence-corrected chi connectivity index (χ3v) is 4.83. The Morgan fingerprint density at radius 1 is 1.05 bits per heavy atom. The lowest BCUT2D eigenvalue weighted by Gasteiger charge is -2.22. The predicted molar refractivity (Wildman–Crippen MR) is 79.0 cm³/mol. The molecule has 1 heterocycles. The van der Waals surface area contributed by atoms with Crippen molar-refractivity contribution < 1.29 is 14.4 Å². The number of amides is 3. The molecule has 0 aliphatic carbocycles. The molecule has 0 saturated heterocycles. The number of nitrogens with two attached hydrogens (primary N) is 1. The third kappa shape index (κ3) is 2.35. The number of hydrogen-bond acceptors (Lipinski definition) is 4. The Hall–Kier alpha value is -0.770. The number of hydrogen-bond donors (Lipinski definition) is 3. The van der Waals surface area contributed by atoms with E-state index in [4.69, 9.17) is 5.73 Å². The van der Waals surface area contributed by atoms with Gasteiger partial charge in [0, 0.05) is 4.47 Å². The molecule has 0 saturated carbocycles. The summed E-state index contributed by atoms with van der Waals surface area (Å²) in [6.45, 7) is -0.209. The molecule has 3 amide bonds. The first-order valence-electron chi connectivity index (χ1n) is 4.94. The van der Waals surface area contributed by atoms with Crippen LogP contribution in [0.15, 0.2) is 13.4 Å². The minimum Gasteiger partial charge on any atom is -0.323 e. The highest BCUT2D eigenvalue weighted by molar-refractivity contribution is 9.11. The lowest BCUT2D eigenvalue weighted by atomic mass is 10.0. The van der Waals surface area contributed by atoms with Crippen LogP contribution in [0.5, 0.6) is 0 Å². The molecule has 9 heteroatoms. The van der Waals surface area contributed by atoms with Gasteiger partial charge < -0.3 is 11.1 Å². The lowest BCUT2D eigenvalue weighted by molar-refractivity contribution is -0.114. The van der Waals surface area contributed by atoms with Gasteiger partial charge in [-0.3, -0.25) is 19.7 Å². The van der Waals surface area contributed by atoms with Crippen LogP contribution in [-0.4, -0.2) is 24.3 Å². The van der Waals surface area contributed by atoms with Crippen LogP contribution in [0.25, 0.3) is 0 Å². The van der Waals surface area contributed by atoms with Crippen molar-refractivity contribution in [3.63, 3.8) is 0 Å². The summed E-state index contributed by atoms with van der Waals surface area (Å²) in [7, 11) is 0. The second kappa shape index (κ2) is 5.31. The van der Waals surface area contributed by atoms with Crippen LogP contribution in [0.2, 0.25) is 0 Å². The van der Waals surface area contributed by atoms with Gasteiger partial charge in [-0.15, -0.1) is 0 Å². The van der Waals surface area contributed by atoms with Gasteiger partial charge in [0.15, 0.2) is 0 Å². The number of carbonyl (C=O) groups is 3. The Balaban J connectivity index is 2.72. The Morgan fingerprint density at radius 3 is 1.95 bits per heavy atom. The molecular weight excluding hydrogens is 450 g/mol. The Kier molecular flexibility index (Phi) is 4.09. The molecule has 6 nitrogen and oxygen atoms in total. The van der Waals surface area contributed by atoms with Crippen molar-refractivity contribution in [2.45, 2.75) is 0 Å². The molecule has 2 rings (SSSR count).